The number of carbonyl (C=O) groups excluding carboxylic acids is 1. The predicted molar refractivity (Wildman–Crippen MR) is 100 cm³/mol. The van der Waals surface area contributed by atoms with Crippen LogP contribution in [0.2, 0.25) is 0 Å². The first-order valence-corrected chi connectivity index (χ1v) is 8.55. The topological polar surface area (TPSA) is 64.6 Å². The lowest BCUT2D eigenvalue weighted by Gasteiger charge is -2.34. The highest BCUT2D eigenvalue weighted by atomic mass is 19.1. The van der Waals surface area contributed by atoms with E-state index >= 15 is 0 Å². The van der Waals surface area contributed by atoms with E-state index in [1.165, 1.54) is 6.07 Å². The fourth-order valence-corrected chi connectivity index (χ4v) is 2.80. The number of para-hydroxylation sites is 1. The van der Waals surface area contributed by atoms with Gasteiger partial charge in [-0.3, -0.25) is 9.69 Å². The molecule has 7 nitrogen and oxygen atoms in total. The van der Waals surface area contributed by atoms with Crippen LogP contribution < -0.4 is 15.1 Å². The third kappa shape index (κ3) is 4.45. The molecule has 138 valence electrons. The maximum atomic E-state index is 13.6. The zero-order valence-electron chi connectivity index (χ0n) is 15.0. The number of nitrogens with one attached hydrogen (secondary N) is 1. The van der Waals surface area contributed by atoms with Crippen molar-refractivity contribution in [3.63, 3.8) is 0 Å². The SMILES string of the molecule is CN(C)c1ccnc(N2CCN(CC(=O)Nc3ccccc3F)CC2)n1. The summed E-state index contributed by atoms with van der Waals surface area (Å²) in [4.78, 5) is 27.1. The normalized spacial score (nSPS) is 15.0. The van der Waals surface area contributed by atoms with Gasteiger partial charge in [-0.15, -0.1) is 0 Å². The van der Waals surface area contributed by atoms with Gasteiger partial charge in [-0.2, -0.15) is 4.98 Å². The molecule has 2 aromatic rings. The van der Waals surface area contributed by atoms with Crippen molar-refractivity contribution in [3.05, 3.63) is 42.3 Å². The number of amides is 1. The van der Waals surface area contributed by atoms with Crippen LogP contribution in [0, 0.1) is 5.82 Å². The van der Waals surface area contributed by atoms with Crippen molar-refractivity contribution in [2.75, 3.05) is 61.9 Å². The fourth-order valence-electron chi connectivity index (χ4n) is 2.80. The van der Waals surface area contributed by atoms with Crippen LogP contribution in [0.5, 0.6) is 0 Å². The average Bonchev–Trinajstić information content (AvgIpc) is 2.64. The number of anilines is 3. The molecule has 1 aromatic heterocycles. The monoisotopic (exact) mass is 358 g/mol. The van der Waals surface area contributed by atoms with E-state index in [4.69, 9.17) is 0 Å². The summed E-state index contributed by atoms with van der Waals surface area (Å²) in [5.41, 5.74) is 0.213. The first kappa shape index (κ1) is 18.1. The van der Waals surface area contributed by atoms with Gasteiger partial charge >= 0.3 is 0 Å². The van der Waals surface area contributed by atoms with Gasteiger partial charge in [0.15, 0.2) is 0 Å². The molecule has 0 radical (unpaired) electrons. The Morgan fingerprint density at radius 2 is 1.92 bits per heavy atom. The number of carbonyl (C=O) groups is 1. The summed E-state index contributed by atoms with van der Waals surface area (Å²) in [5, 5.41) is 2.62. The maximum Gasteiger partial charge on any atom is 0.238 e. The Balaban J connectivity index is 1.51. The number of hydrogen-bond acceptors (Lipinski definition) is 6. The lowest BCUT2D eigenvalue weighted by atomic mass is 10.3. The first-order chi connectivity index (χ1) is 12.5. The molecular weight excluding hydrogens is 335 g/mol. The van der Waals surface area contributed by atoms with Gasteiger partial charge in [0.25, 0.3) is 0 Å². The molecule has 1 aliphatic heterocycles. The Bertz CT molecular complexity index is 761. The zero-order valence-corrected chi connectivity index (χ0v) is 15.0. The van der Waals surface area contributed by atoms with E-state index in [1.807, 2.05) is 30.0 Å². The average molecular weight is 358 g/mol. The Kier molecular flexibility index (Phi) is 5.62. The molecule has 0 bridgehead atoms. The Morgan fingerprint density at radius 1 is 1.19 bits per heavy atom. The van der Waals surface area contributed by atoms with Crippen molar-refractivity contribution in [2.24, 2.45) is 0 Å². The largest absolute Gasteiger partial charge is 0.363 e. The maximum absolute atomic E-state index is 13.6. The highest BCUT2D eigenvalue weighted by Gasteiger charge is 2.21. The minimum Gasteiger partial charge on any atom is -0.363 e. The molecule has 1 saturated heterocycles. The van der Waals surface area contributed by atoms with Crippen LogP contribution in [-0.2, 0) is 4.79 Å². The van der Waals surface area contributed by atoms with Gasteiger partial charge in [0, 0.05) is 46.5 Å². The third-order valence-corrected chi connectivity index (χ3v) is 4.26. The second kappa shape index (κ2) is 8.09. The third-order valence-electron chi connectivity index (χ3n) is 4.26. The molecule has 8 heteroatoms. The van der Waals surface area contributed by atoms with Gasteiger partial charge < -0.3 is 15.1 Å². The minimum absolute atomic E-state index is 0.213. The number of benzene rings is 1. The molecule has 1 aliphatic rings. The Morgan fingerprint density at radius 3 is 2.62 bits per heavy atom. The van der Waals surface area contributed by atoms with Crippen molar-refractivity contribution in [2.45, 2.75) is 0 Å². The lowest BCUT2D eigenvalue weighted by Crippen LogP contribution is -2.49. The number of hydrogen-bond donors (Lipinski definition) is 1. The van der Waals surface area contributed by atoms with Gasteiger partial charge in [0.1, 0.15) is 11.6 Å². The Labute approximate surface area is 152 Å². The van der Waals surface area contributed by atoms with Crippen molar-refractivity contribution in [1.29, 1.82) is 0 Å². The van der Waals surface area contributed by atoms with Gasteiger partial charge in [0.2, 0.25) is 11.9 Å². The predicted octanol–water partition coefficient (Wildman–Crippen LogP) is 1.44. The second-order valence-corrected chi connectivity index (χ2v) is 6.40. The molecule has 1 N–H and O–H groups in total. The minimum atomic E-state index is -0.427. The number of piperazine rings is 1. The summed E-state index contributed by atoms with van der Waals surface area (Å²) >= 11 is 0. The van der Waals surface area contributed by atoms with Crippen LogP contribution in [0.3, 0.4) is 0 Å². The fraction of sp³-hybridized carbons (Fsp3) is 0.389. The van der Waals surface area contributed by atoms with Crippen molar-refractivity contribution < 1.29 is 9.18 Å². The summed E-state index contributed by atoms with van der Waals surface area (Å²) in [6.45, 7) is 3.16. The molecule has 0 atom stereocenters. The number of aromatic nitrogens is 2. The molecule has 26 heavy (non-hydrogen) atoms. The first-order valence-electron chi connectivity index (χ1n) is 8.55. The number of halogens is 1. The molecule has 1 amide bonds. The molecular formula is C18H23FN6O. The van der Waals surface area contributed by atoms with Crippen LogP contribution >= 0.6 is 0 Å². The van der Waals surface area contributed by atoms with E-state index in [1.54, 1.807) is 24.4 Å². The molecule has 0 aliphatic carbocycles. The summed E-state index contributed by atoms with van der Waals surface area (Å²) in [5.74, 6) is 0.923. The van der Waals surface area contributed by atoms with Crippen LogP contribution in [-0.4, -0.2) is 67.6 Å². The highest BCUT2D eigenvalue weighted by molar-refractivity contribution is 5.92. The quantitative estimate of drug-likeness (QED) is 0.873. The number of nitrogens with zero attached hydrogens (tertiary/aromatic N) is 5. The summed E-state index contributed by atoms with van der Waals surface area (Å²) in [6.07, 6.45) is 1.76. The molecule has 0 unspecified atom stereocenters. The summed E-state index contributed by atoms with van der Waals surface area (Å²) < 4.78 is 13.6. The van der Waals surface area contributed by atoms with E-state index in [0.717, 1.165) is 32.0 Å². The highest BCUT2D eigenvalue weighted by Crippen LogP contribution is 2.15. The molecule has 0 saturated carbocycles. The Hall–Kier alpha value is -2.74. The van der Waals surface area contributed by atoms with Gasteiger partial charge in [-0.25, -0.2) is 9.37 Å². The second-order valence-electron chi connectivity index (χ2n) is 6.40. The number of rotatable bonds is 5. The van der Waals surface area contributed by atoms with Crippen molar-refractivity contribution >= 4 is 23.4 Å². The molecule has 0 spiro atoms. The van der Waals surface area contributed by atoms with E-state index in [9.17, 15) is 9.18 Å². The zero-order chi connectivity index (χ0) is 18.5. The molecule has 1 aromatic carbocycles. The summed E-state index contributed by atoms with van der Waals surface area (Å²) in [7, 11) is 3.89. The van der Waals surface area contributed by atoms with Crippen LogP contribution in [0.25, 0.3) is 0 Å². The van der Waals surface area contributed by atoms with Crippen LogP contribution in [0.15, 0.2) is 36.5 Å². The van der Waals surface area contributed by atoms with E-state index in [2.05, 4.69) is 20.2 Å². The van der Waals surface area contributed by atoms with Crippen LogP contribution in [0.1, 0.15) is 0 Å². The van der Waals surface area contributed by atoms with Crippen molar-refractivity contribution in [3.8, 4) is 0 Å². The van der Waals surface area contributed by atoms with E-state index in [0.29, 0.717) is 5.95 Å². The van der Waals surface area contributed by atoms with E-state index < -0.39 is 5.82 Å². The summed E-state index contributed by atoms with van der Waals surface area (Å²) in [6, 6.07) is 8.04. The van der Waals surface area contributed by atoms with Gasteiger partial charge in [-0.05, 0) is 18.2 Å². The lowest BCUT2D eigenvalue weighted by molar-refractivity contribution is -0.117. The van der Waals surface area contributed by atoms with E-state index in [-0.39, 0.29) is 18.1 Å². The smallest absolute Gasteiger partial charge is 0.238 e. The standard InChI is InChI=1S/C18H23FN6O/c1-23(2)16-7-8-20-18(22-16)25-11-9-24(10-12-25)13-17(26)21-15-6-4-3-5-14(15)19/h3-8H,9-13H2,1-2H3,(H,21,26). The van der Waals surface area contributed by atoms with Gasteiger partial charge in [-0.1, -0.05) is 12.1 Å². The molecule has 3 rings (SSSR count). The molecule has 1 fully saturated rings. The van der Waals surface area contributed by atoms with Crippen molar-refractivity contribution in [1.82, 2.24) is 14.9 Å². The van der Waals surface area contributed by atoms with Gasteiger partial charge in [0.05, 0.1) is 12.2 Å². The van der Waals surface area contributed by atoms with Crippen LogP contribution in [0.4, 0.5) is 21.8 Å². The molecule has 2 heterocycles.